The van der Waals surface area contributed by atoms with Gasteiger partial charge in [0.25, 0.3) is 0 Å². The zero-order valence-electron chi connectivity index (χ0n) is 12.4. The fourth-order valence-electron chi connectivity index (χ4n) is 1.94. The highest BCUT2D eigenvalue weighted by molar-refractivity contribution is 5.84. The second-order valence-corrected chi connectivity index (χ2v) is 4.39. The summed E-state index contributed by atoms with van der Waals surface area (Å²) in [5.41, 5.74) is 5.10. The lowest BCUT2D eigenvalue weighted by Gasteiger charge is -2.11. The lowest BCUT2D eigenvalue weighted by atomic mass is 10.2. The Kier molecular flexibility index (Phi) is 5.64. The molecular weight excluding hydrogens is 264 g/mol. The highest BCUT2D eigenvalue weighted by Gasteiger charge is 2.08. The summed E-state index contributed by atoms with van der Waals surface area (Å²) < 4.78 is 10.9. The molecule has 21 heavy (non-hydrogen) atoms. The number of hydrazone groups is 1. The summed E-state index contributed by atoms with van der Waals surface area (Å²) >= 11 is 0. The number of nitrogens with one attached hydrogen (secondary N) is 1. The van der Waals surface area contributed by atoms with Crippen LogP contribution in [0.25, 0.3) is 0 Å². The van der Waals surface area contributed by atoms with E-state index in [0.29, 0.717) is 24.7 Å². The van der Waals surface area contributed by atoms with Crippen molar-refractivity contribution in [1.82, 2.24) is 5.43 Å². The van der Waals surface area contributed by atoms with Crippen LogP contribution in [0.3, 0.4) is 0 Å². The standard InChI is InChI=1S/C17H20N2O2/c1-3-21-17-15(10-7-11-16(17)20-2)13-19-18-12-14-8-5-4-6-9-14/h4-11,13,18H,3,12H2,1-2H3. The largest absolute Gasteiger partial charge is 0.493 e. The minimum atomic E-state index is 0.582. The third-order valence-electron chi connectivity index (χ3n) is 2.94. The predicted molar refractivity (Wildman–Crippen MR) is 85.0 cm³/mol. The first kappa shape index (κ1) is 14.9. The summed E-state index contributed by atoms with van der Waals surface area (Å²) in [6.07, 6.45) is 1.75. The molecule has 0 aliphatic rings. The van der Waals surface area contributed by atoms with Gasteiger partial charge in [0, 0.05) is 5.56 Å². The van der Waals surface area contributed by atoms with Crippen molar-refractivity contribution in [2.45, 2.75) is 13.5 Å². The van der Waals surface area contributed by atoms with Crippen LogP contribution in [0.2, 0.25) is 0 Å². The van der Waals surface area contributed by atoms with E-state index in [2.05, 4.69) is 22.7 Å². The molecule has 0 heterocycles. The molecule has 0 fully saturated rings. The third kappa shape index (κ3) is 4.24. The monoisotopic (exact) mass is 284 g/mol. The number of hydrogen-bond acceptors (Lipinski definition) is 4. The lowest BCUT2D eigenvalue weighted by Crippen LogP contribution is -2.06. The summed E-state index contributed by atoms with van der Waals surface area (Å²) in [5, 5.41) is 4.24. The molecule has 0 saturated carbocycles. The van der Waals surface area contributed by atoms with Crippen molar-refractivity contribution in [3.63, 3.8) is 0 Å². The summed E-state index contributed by atoms with van der Waals surface area (Å²) in [5.74, 6) is 1.43. The normalized spacial score (nSPS) is 10.6. The Morgan fingerprint density at radius 2 is 1.90 bits per heavy atom. The van der Waals surface area contributed by atoms with Crippen LogP contribution < -0.4 is 14.9 Å². The summed E-state index contributed by atoms with van der Waals surface area (Å²) in [6.45, 7) is 3.21. The van der Waals surface area contributed by atoms with Crippen LogP contribution in [0, 0.1) is 0 Å². The highest BCUT2D eigenvalue weighted by Crippen LogP contribution is 2.29. The Balaban J connectivity index is 2.03. The number of hydrogen-bond donors (Lipinski definition) is 1. The van der Waals surface area contributed by atoms with Crippen LogP contribution in [0.4, 0.5) is 0 Å². The van der Waals surface area contributed by atoms with E-state index in [-0.39, 0.29) is 0 Å². The van der Waals surface area contributed by atoms with Crippen LogP contribution in [-0.2, 0) is 6.54 Å². The molecule has 4 nitrogen and oxygen atoms in total. The van der Waals surface area contributed by atoms with Gasteiger partial charge in [-0.3, -0.25) is 0 Å². The number of rotatable bonds is 7. The van der Waals surface area contributed by atoms with Crippen molar-refractivity contribution in [3.05, 3.63) is 59.7 Å². The van der Waals surface area contributed by atoms with Crippen LogP contribution >= 0.6 is 0 Å². The van der Waals surface area contributed by atoms with Gasteiger partial charge in [0.2, 0.25) is 0 Å². The van der Waals surface area contributed by atoms with Crippen molar-refractivity contribution in [2.75, 3.05) is 13.7 Å². The van der Waals surface area contributed by atoms with Gasteiger partial charge in [0.05, 0.1) is 26.5 Å². The Hall–Kier alpha value is -2.49. The molecule has 1 N–H and O–H groups in total. The van der Waals surface area contributed by atoms with Gasteiger partial charge in [-0.05, 0) is 24.6 Å². The smallest absolute Gasteiger partial charge is 0.169 e. The van der Waals surface area contributed by atoms with E-state index in [9.17, 15) is 0 Å². The van der Waals surface area contributed by atoms with Crippen molar-refractivity contribution in [3.8, 4) is 11.5 Å². The van der Waals surface area contributed by atoms with Gasteiger partial charge in [0.1, 0.15) is 0 Å². The Labute approximate surface area is 125 Å². The average Bonchev–Trinajstić information content (AvgIpc) is 2.54. The number of nitrogens with zero attached hydrogens (tertiary/aromatic N) is 1. The third-order valence-corrected chi connectivity index (χ3v) is 2.94. The molecule has 0 aliphatic carbocycles. The van der Waals surface area contributed by atoms with Gasteiger partial charge in [-0.15, -0.1) is 0 Å². The molecule has 110 valence electrons. The molecule has 0 radical (unpaired) electrons. The van der Waals surface area contributed by atoms with Crippen molar-refractivity contribution in [2.24, 2.45) is 5.10 Å². The average molecular weight is 284 g/mol. The molecule has 0 aliphatic heterocycles. The van der Waals surface area contributed by atoms with E-state index in [1.165, 1.54) is 5.56 Å². The van der Waals surface area contributed by atoms with E-state index >= 15 is 0 Å². The molecule has 0 unspecified atom stereocenters. The molecule has 0 atom stereocenters. The summed E-state index contributed by atoms with van der Waals surface area (Å²) in [7, 11) is 1.63. The Bertz CT molecular complexity index is 583. The van der Waals surface area contributed by atoms with E-state index in [4.69, 9.17) is 9.47 Å². The Morgan fingerprint density at radius 3 is 2.62 bits per heavy atom. The fourth-order valence-corrected chi connectivity index (χ4v) is 1.94. The van der Waals surface area contributed by atoms with Crippen LogP contribution in [0.15, 0.2) is 53.6 Å². The molecule has 2 rings (SSSR count). The maximum Gasteiger partial charge on any atom is 0.169 e. The topological polar surface area (TPSA) is 42.8 Å². The predicted octanol–water partition coefficient (Wildman–Crippen LogP) is 3.22. The van der Waals surface area contributed by atoms with Crippen LogP contribution in [0.5, 0.6) is 11.5 Å². The zero-order valence-corrected chi connectivity index (χ0v) is 12.4. The molecule has 2 aromatic carbocycles. The van der Waals surface area contributed by atoms with Crippen molar-refractivity contribution >= 4 is 6.21 Å². The van der Waals surface area contributed by atoms with Crippen LogP contribution in [-0.4, -0.2) is 19.9 Å². The second kappa shape index (κ2) is 7.94. The maximum absolute atomic E-state index is 5.63. The summed E-state index contributed by atoms with van der Waals surface area (Å²) in [4.78, 5) is 0. The van der Waals surface area contributed by atoms with Crippen molar-refractivity contribution < 1.29 is 9.47 Å². The molecule has 0 amide bonds. The number of ether oxygens (including phenoxy) is 2. The van der Waals surface area contributed by atoms with E-state index in [1.54, 1.807) is 13.3 Å². The molecule has 0 spiro atoms. The molecular formula is C17H20N2O2. The first-order valence-corrected chi connectivity index (χ1v) is 6.94. The summed E-state index contributed by atoms with van der Waals surface area (Å²) in [6, 6.07) is 15.9. The van der Waals surface area contributed by atoms with Gasteiger partial charge in [0.15, 0.2) is 11.5 Å². The van der Waals surface area contributed by atoms with E-state index in [1.807, 2.05) is 43.3 Å². The zero-order chi connectivity index (χ0) is 14.9. The molecule has 0 aromatic heterocycles. The van der Waals surface area contributed by atoms with Gasteiger partial charge in [-0.25, -0.2) is 0 Å². The van der Waals surface area contributed by atoms with E-state index < -0.39 is 0 Å². The number of benzene rings is 2. The first-order valence-electron chi connectivity index (χ1n) is 6.94. The number of methoxy groups -OCH3 is 1. The molecule has 0 saturated heterocycles. The van der Waals surface area contributed by atoms with Gasteiger partial charge >= 0.3 is 0 Å². The highest BCUT2D eigenvalue weighted by atomic mass is 16.5. The number of para-hydroxylation sites is 1. The first-order chi connectivity index (χ1) is 10.3. The SMILES string of the molecule is CCOc1c(C=NNCc2ccccc2)cccc1OC. The Morgan fingerprint density at radius 1 is 1.10 bits per heavy atom. The van der Waals surface area contributed by atoms with Gasteiger partial charge in [-0.1, -0.05) is 36.4 Å². The van der Waals surface area contributed by atoms with Gasteiger partial charge < -0.3 is 14.9 Å². The van der Waals surface area contributed by atoms with Gasteiger partial charge in [-0.2, -0.15) is 5.10 Å². The van der Waals surface area contributed by atoms with Crippen LogP contribution in [0.1, 0.15) is 18.1 Å². The minimum absolute atomic E-state index is 0.582. The molecule has 0 bridgehead atoms. The lowest BCUT2D eigenvalue weighted by molar-refractivity contribution is 0.310. The second-order valence-electron chi connectivity index (χ2n) is 4.39. The minimum Gasteiger partial charge on any atom is -0.493 e. The maximum atomic E-state index is 5.63. The fraction of sp³-hybridized carbons (Fsp3) is 0.235. The quantitative estimate of drug-likeness (QED) is 0.627. The molecule has 4 heteroatoms. The van der Waals surface area contributed by atoms with E-state index in [0.717, 1.165) is 5.56 Å². The van der Waals surface area contributed by atoms with Crippen molar-refractivity contribution in [1.29, 1.82) is 0 Å². The molecule has 2 aromatic rings.